The molecule has 1 aromatic heterocycles. The molecule has 2 nitrogen and oxygen atoms in total. The molecule has 0 spiro atoms. The third-order valence-corrected chi connectivity index (χ3v) is 3.25. The van der Waals surface area contributed by atoms with Gasteiger partial charge in [0.1, 0.15) is 0 Å². The van der Waals surface area contributed by atoms with Crippen molar-refractivity contribution in [3.63, 3.8) is 0 Å². The average Bonchev–Trinajstić information content (AvgIpc) is 2.30. The predicted octanol–water partition coefficient (Wildman–Crippen LogP) is 3.65. The monoisotopic (exact) mass is 231 g/mol. The first-order valence-corrected chi connectivity index (χ1v) is 6.17. The van der Waals surface area contributed by atoms with Crippen LogP contribution in [0.5, 0.6) is 0 Å². The lowest BCUT2D eigenvalue weighted by Gasteiger charge is -2.03. The maximum atomic E-state index is 11.6. The van der Waals surface area contributed by atoms with Gasteiger partial charge in [0.05, 0.1) is 5.52 Å². The van der Waals surface area contributed by atoms with Crippen LogP contribution in [0, 0.1) is 0 Å². The van der Waals surface area contributed by atoms with Gasteiger partial charge in [0.25, 0.3) is 0 Å². The Morgan fingerprint density at radius 2 is 2.12 bits per heavy atom. The second-order valence-corrected chi connectivity index (χ2v) is 4.65. The third kappa shape index (κ3) is 2.42. The summed E-state index contributed by atoms with van der Waals surface area (Å²) in [5.41, 5.74) is 0.916. The Balaban J connectivity index is 2.33. The highest BCUT2D eigenvalue weighted by Gasteiger charge is 2.07. The summed E-state index contributed by atoms with van der Waals surface area (Å²) in [4.78, 5) is 16.9. The molecule has 2 aromatic rings. The zero-order valence-corrected chi connectivity index (χ0v) is 9.96. The summed E-state index contributed by atoms with van der Waals surface area (Å²) in [6, 6.07) is 9.84. The van der Waals surface area contributed by atoms with E-state index in [1.807, 2.05) is 37.3 Å². The van der Waals surface area contributed by atoms with E-state index in [1.54, 1.807) is 6.20 Å². The number of pyridine rings is 1. The number of para-hydroxylation sites is 1. The maximum Gasteiger partial charge on any atom is 0.193 e. The van der Waals surface area contributed by atoms with E-state index in [9.17, 15) is 4.79 Å². The molecular formula is C13H13NOS. The smallest absolute Gasteiger partial charge is 0.193 e. The van der Waals surface area contributed by atoms with Gasteiger partial charge in [0.2, 0.25) is 0 Å². The first-order valence-electron chi connectivity index (χ1n) is 5.35. The molecule has 0 saturated heterocycles. The first-order chi connectivity index (χ1) is 7.81. The predicted molar refractivity (Wildman–Crippen MR) is 67.5 cm³/mol. The Kier molecular flexibility index (Phi) is 3.57. The van der Waals surface area contributed by atoms with E-state index in [0.29, 0.717) is 6.42 Å². The van der Waals surface area contributed by atoms with Crippen molar-refractivity contribution in [2.75, 3.05) is 0 Å². The number of thioether (sulfide) groups is 1. The molecule has 0 amide bonds. The molecule has 82 valence electrons. The van der Waals surface area contributed by atoms with E-state index in [4.69, 9.17) is 0 Å². The van der Waals surface area contributed by atoms with Crippen molar-refractivity contribution in [3.8, 4) is 0 Å². The number of benzene rings is 1. The standard InChI is InChI=1S/C13H13NOS/c1-2-5-12(15)16-11-8-3-6-10-7-4-9-14-13(10)11/h3-4,6-9H,2,5H2,1H3. The Hall–Kier alpha value is -1.35. The molecule has 0 aliphatic heterocycles. The topological polar surface area (TPSA) is 30.0 Å². The van der Waals surface area contributed by atoms with Crippen molar-refractivity contribution in [3.05, 3.63) is 36.5 Å². The molecule has 1 aromatic carbocycles. The second-order valence-electron chi connectivity index (χ2n) is 3.56. The Morgan fingerprint density at radius 3 is 2.94 bits per heavy atom. The van der Waals surface area contributed by atoms with Gasteiger partial charge < -0.3 is 0 Å². The molecule has 0 saturated carbocycles. The summed E-state index contributed by atoms with van der Waals surface area (Å²) in [5.74, 6) is 0. The minimum absolute atomic E-state index is 0.209. The van der Waals surface area contributed by atoms with E-state index >= 15 is 0 Å². The fourth-order valence-electron chi connectivity index (χ4n) is 1.54. The molecule has 1 heterocycles. The number of rotatable bonds is 3. The van der Waals surface area contributed by atoms with Gasteiger partial charge in [-0.3, -0.25) is 9.78 Å². The van der Waals surface area contributed by atoms with Gasteiger partial charge in [-0.2, -0.15) is 0 Å². The van der Waals surface area contributed by atoms with Crippen molar-refractivity contribution in [2.45, 2.75) is 24.7 Å². The van der Waals surface area contributed by atoms with Crippen LogP contribution < -0.4 is 0 Å². The highest BCUT2D eigenvalue weighted by molar-refractivity contribution is 8.13. The molecule has 0 unspecified atom stereocenters. The Bertz CT molecular complexity index is 505. The zero-order valence-electron chi connectivity index (χ0n) is 9.14. The van der Waals surface area contributed by atoms with Gasteiger partial charge in [-0.1, -0.05) is 25.1 Å². The quantitative estimate of drug-likeness (QED) is 0.755. The highest BCUT2D eigenvalue weighted by atomic mass is 32.2. The number of hydrogen-bond acceptors (Lipinski definition) is 3. The van der Waals surface area contributed by atoms with Gasteiger partial charge in [0, 0.05) is 22.9 Å². The number of carbonyl (C=O) groups is 1. The van der Waals surface area contributed by atoms with Crippen LogP contribution >= 0.6 is 11.8 Å². The van der Waals surface area contributed by atoms with Gasteiger partial charge in [-0.15, -0.1) is 0 Å². The van der Waals surface area contributed by atoms with Crippen LogP contribution in [0.2, 0.25) is 0 Å². The van der Waals surface area contributed by atoms with Crippen LogP contribution in [0.3, 0.4) is 0 Å². The summed E-state index contributed by atoms with van der Waals surface area (Å²) in [6.45, 7) is 2.01. The summed E-state index contributed by atoms with van der Waals surface area (Å²) in [6.07, 6.45) is 3.27. The largest absolute Gasteiger partial charge is 0.287 e. The average molecular weight is 231 g/mol. The van der Waals surface area contributed by atoms with Gasteiger partial charge in [-0.25, -0.2) is 0 Å². The van der Waals surface area contributed by atoms with Gasteiger partial charge in [0.15, 0.2) is 5.12 Å². The van der Waals surface area contributed by atoms with E-state index < -0.39 is 0 Å². The lowest BCUT2D eigenvalue weighted by Crippen LogP contribution is -1.91. The van der Waals surface area contributed by atoms with Crippen LogP contribution in [0.1, 0.15) is 19.8 Å². The number of carbonyl (C=O) groups excluding carboxylic acids is 1. The van der Waals surface area contributed by atoms with E-state index in [1.165, 1.54) is 11.8 Å². The van der Waals surface area contributed by atoms with Crippen LogP contribution in [0.25, 0.3) is 10.9 Å². The summed E-state index contributed by atoms with van der Waals surface area (Å²) >= 11 is 1.30. The fraction of sp³-hybridized carbons (Fsp3) is 0.231. The van der Waals surface area contributed by atoms with E-state index in [-0.39, 0.29) is 5.12 Å². The fourth-order valence-corrected chi connectivity index (χ4v) is 2.50. The number of fused-ring (bicyclic) bond motifs is 1. The molecule has 0 radical (unpaired) electrons. The molecule has 0 aliphatic carbocycles. The zero-order chi connectivity index (χ0) is 11.4. The third-order valence-electron chi connectivity index (χ3n) is 2.27. The van der Waals surface area contributed by atoms with Crippen molar-refractivity contribution >= 4 is 27.8 Å². The van der Waals surface area contributed by atoms with Crippen LogP contribution in [-0.4, -0.2) is 10.1 Å². The van der Waals surface area contributed by atoms with Crippen molar-refractivity contribution in [1.29, 1.82) is 0 Å². The van der Waals surface area contributed by atoms with Crippen molar-refractivity contribution < 1.29 is 4.79 Å². The van der Waals surface area contributed by atoms with E-state index in [2.05, 4.69) is 4.98 Å². The summed E-state index contributed by atoms with van der Waals surface area (Å²) in [7, 11) is 0. The van der Waals surface area contributed by atoms with Crippen molar-refractivity contribution in [2.24, 2.45) is 0 Å². The SMILES string of the molecule is CCCC(=O)Sc1cccc2cccnc12. The van der Waals surface area contributed by atoms with Crippen molar-refractivity contribution in [1.82, 2.24) is 4.98 Å². The van der Waals surface area contributed by atoms with Gasteiger partial charge in [-0.05, 0) is 30.3 Å². The molecule has 0 fully saturated rings. The second kappa shape index (κ2) is 5.12. The Morgan fingerprint density at radius 1 is 1.31 bits per heavy atom. The van der Waals surface area contributed by atoms with Crippen LogP contribution in [-0.2, 0) is 4.79 Å². The maximum absolute atomic E-state index is 11.6. The lowest BCUT2D eigenvalue weighted by molar-refractivity contribution is -0.111. The molecule has 3 heteroatoms. The first kappa shape index (κ1) is 11.1. The molecule has 16 heavy (non-hydrogen) atoms. The Labute approximate surface area is 99.1 Å². The molecule has 0 N–H and O–H groups in total. The number of nitrogens with zero attached hydrogens (tertiary/aromatic N) is 1. The molecule has 2 rings (SSSR count). The van der Waals surface area contributed by atoms with Crippen LogP contribution in [0.4, 0.5) is 0 Å². The number of hydrogen-bond donors (Lipinski definition) is 0. The summed E-state index contributed by atoms with van der Waals surface area (Å²) in [5, 5.41) is 1.29. The number of aromatic nitrogens is 1. The molecule has 0 atom stereocenters. The van der Waals surface area contributed by atoms with E-state index in [0.717, 1.165) is 22.2 Å². The molecule has 0 bridgehead atoms. The van der Waals surface area contributed by atoms with Crippen LogP contribution in [0.15, 0.2) is 41.4 Å². The molecule has 0 aliphatic rings. The highest BCUT2D eigenvalue weighted by Crippen LogP contribution is 2.27. The minimum atomic E-state index is 0.209. The molecular weight excluding hydrogens is 218 g/mol. The minimum Gasteiger partial charge on any atom is -0.287 e. The lowest BCUT2D eigenvalue weighted by atomic mass is 10.2. The summed E-state index contributed by atoms with van der Waals surface area (Å²) < 4.78 is 0. The normalized spacial score (nSPS) is 10.6. The van der Waals surface area contributed by atoms with Gasteiger partial charge >= 0.3 is 0 Å².